The minimum absolute atomic E-state index is 0.0549. The summed E-state index contributed by atoms with van der Waals surface area (Å²) in [5.74, 6) is -0.805. The van der Waals surface area contributed by atoms with Gasteiger partial charge in [-0.3, -0.25) is 4.79 Å². The molecule has 146 valence electrons. The van der Waals surface area contributed by atoms with Crippen LogP contribution in [0.5, 0.6) is 0 Å². The quantitative estimate of drug-likeness (QED) is 0.700. The van der Waals surface area contributed by atoms with Gasteiger partial charge in [0.25, 0.3) is 5.91 Å². The van der Waals surface area contributed by atoms with Crippen molar-refractivity contribution in [1.82, 2.24) is 9.78 Å². The molecule has 0 aliphatic carbocycles. The summed E-state index contributed by atoms with van der Waals surface area (Å²) in [6.07, 6.45) is 0. The molecule has 3 aromatic rings. The standard InChI is InChI=1S/C19H19FN4O3S/c1-11-4-7-15(10-17(11)28(21,26)27)22-19(25)18-12(2)23-24(13(18)3)16-8-5-14(20)6-9-16/h4-10H,1-3H3,(H,22,25)(H2,21,26,27). The summed E-state index contributed by atoms with van der Waals surface area (Å²) < 4.78 is 38.1. The van der Waals surface area contributed by atoms with Crippen LogP contribution in [0.3, 0.4) is 0 Å². The summed E-state index contributed by atoms with van der Waals surface area (Å²) in [5, 5.41) is 12.3. The van der Waals surface area contributed by atoms with Gasteiger partial charge in [0.2, 0.25) is 10.0 Å². The van der Waals surface area contributed by atoms with Crippen molar-refractivity contribution in [3.63, 3.8) is 0 Å². The lowest BCUT2D eigenvalue weighted by Gasteiger charge is -2.09. The average molecular weight is 402 g/mol. The molecule has 0 aliphatic heterocycles. The first-order valence-corrected chi connectivity index (χ1v) is 9.89. The second kappa shape index (κ2) is 7.17. The summed E-state index contributed by atoms with van der Waals surface area (Å²) in [6.45, 7) is 5.03. The normalized spacial score (nSPS) is 11.5. The molecule has 1 heterocycles. The summed E-state index contributed by atoms with van der Waals surface area (Å²) in [5.41, 5.74) is 2.80. The number of amides is 1. The van der Waals surface area contributed by atoms with Crippen LogP contribution in [-0.2, 0) is 10.0 Å². The molecule has 0 saturated carbocycles. The maximum atomic E-state index is 13.2. The number of rotatable bonds is 4. The Morgan fingerprint density at radius 1 is 1.11 bits per heavy atom. The summed E-state index contributed by atoms with van der Waals surface area (Å²) in [7, 11) is -3.91. The number of carbonyl (C=O) groups is 1. The maximum absolute atomic E-state index is 13.2. The molecule has 0 aliphatic rings. The van der Waals surface area contributed by atoms with E-state index in [0.29, 0.717) is 33.9 Å². The smallest absolute Gasteiger partial charge is 0.259 e. The number of hydrogen-bond acceptors (Lipinski definition) is 4. The van der Waals surface area contributed by atoms with Crippen molar-refractivity contribution in [2.75, 3.05) is 5.32 Å². The molecular formula is C19H19FN4O3S. The fourth-order valence-corrected chi connectivity index (χ4v) is 3.79. The van der Waals surface area contributed by atoms with Crippen LogP contribution < -0.4 is 10.5 Å². The number of anilines is 1. The molecule has 0 bridgehead atoms. The summed E-state index contributed by atoms with van der Waals surface area (Å²) in [6, 6.07) is 10.2. The van der Waals surface area contributed by atoms with Gasteiger partial charge in [-0.1, -0.05) is 6.07 Å². The van der Waals surface area contributed by atoms with Gasteiger partial charge < -0.3 is 5.32 Å². The SMILES string of the molecule is Cc1ccc(NC(=O)c2c(C)nn(-c3ccc(F)cc3)c2C)cc1S(N)(=O)=O. The highest BCUT2D eigenvalue weighted by Crippen LogP contribution is 2.22. The Kier molecular flexibility index (Phi) is 5.05. The van der Waals surface area contributed by atoms with E-state index >= 15 is 0 Å². The molecule has 3 rings (SSSR count). The van der Waals surface area contributed by atoms with E-state index in [0.717, 1.165) is 0 Å². The zero-order valence-electron chi connectivity index (χ0n) is 15.5. The number of nitrogens with zero attached hydrogens (tertiary/aromatic N) is 2. The first kappa shape index (κ1) is 19.7. The lowest BCUT2D eigenvalue weighted by Crippen LogP contribution is -2.17. The van der Waals surface area contributed by atoms with Gasteiger partial charge in [0.1, 0.15) is 5.82 Å². The van der Waals surface area contributed by atoms with Gasteiger partial charge >= 0.3 is 0 Å². The average Bonchev–Trinajstić information content (AvgIpc) is 2.91. The molecule has 0 atom stereocenters. The topological polar surface area (TPSA) is 107 Å². The lowest BCUT2D eigenvalue weighted by atomic mass is 10.1. The third-order valence-electron chi connectivity index (χ3n) is 4.34. The summed E-state index contributed by atoms with van der Waals surface area (Å²) in [4.78, 5) is 12.7. The van der Waals surface area contributed by atoms with Crippen LogP contribution >= 0.6 is 0 Å². The molecule has 1 aromatic heterocycles. The van der Waals surface area contributed by atoms with Gasteiger partial charge in [-0.2, -0.15) is 5.10 Å². The van der Waals surface area contributed by atoms with E-state index in [9.17, 15) is 17.6 Å². The molecule has 1 amide bonds. The molecule has 2 aromatic carbocycles. The van der Waals surface area contributed by atoms with E-state index in [1.54, 1.807) is 49.7 Å². The van der Waals surface area contributed by atoms with Crippen LogP contribution in [0.4, 0.5) is 10.1 Å². The van der Waals surface area contributed by atoms with Crippen LogP contribution in [0.2, 0.25) is 0 Å². The van der Waals surface area contributed by atoms with Gasteiger partial charge in [-0.05, 0) is 62.7 Å². The van der Waals surface area contributed by atoms with Crippen LogP contribution in [0, 0.1) is 26.6 Å². The Morgan fingerprint density at radius 3 is 2.36 bits per heavy atom. The van der Waals surface area contributed by atoms with E-state index in [-0.39, 0.29) is 10.7 Å². The predicted octanol–water partition coefficient (Wildman–Crippen LogP) is 2.84. The van der Waals surface area contributed by atoms with Crippen molar-refractivity contribution in [3.05, 3.63) is 70.8 Å². The van der Waals surface area contributed by atoms with E-state index < -0.39 is 15.9 Å². The number of halogens is 1. The number of nitrogens with one attached hydrogen (secondary N) is 1. The predicted molar refractivity (Wildman–Crippen MR) is 104 cm³/mol. The number of primary sulfonamides is 1. The largest absolute Gasteiger partial charge is 0.322 e. The number of sulfonamides is 1. The van der Waals surface area contributed by atoms with Gasteiger partial charge in [-0.15, -0.1) is 0 Å². The first-order chi connectivity index (χ1) is 13.1. The van der Waals surface area contributed by atoms with Crippen molar-refractivity contribution in [2.45, 2.75) is 25.7 Å². The zero-order chi connectivity index (χ0) is 20.6. The van der Waals surface area contributed by atoms with Crippen molar-refractivity contribution in [2.24, 2.45) is 5.14 Å². The molecular weight excluding hydrogens is 383 g/mol. The molecule has 0 spiro atoms. The highest BCUT2D eigenvalue weighted by Gasteiger charge is 2.20. The van der Waals surface area contributed by atoms with Crippen LogP contribution in [0.25, 0.3) is 5.69 Å². The van der Waals surface area contributed by atoms with Crippen LogP contribution in [0.1, 0.15) is 27.3 Å². The molecule has 28 heavy (non-hydrogen) atoms. The molecule has 0 radical (unpaired) electrons. The second-order valence-electron chi connectivity index (χ2n) is 6.41. The van der Waals surface area contributed by atoms with E-state index in [1.807, 2.05) is 0 Å². The first-order valence-electron chi connectivity index (χ1n) is 8.35. The number of nitrogens with two attached hydrogens (primary N) is 1. The van der Waals surface area contributed by atoms with Gasteiger partial charge in [0.05, 0.1) is 27.5 Å². The minimum atomic E-state index is -3.91. The molecule has 9 heteroatoms. The molecule has 3 N–H and O–H groups in total. The van der Waals surface area contributed by atoms with Crippen LogP contribution in [-0.4, -0.2) is 24.1 Å². The van der Waals surface area contributed by atoms with Crippen molar-refractivity contribution >= 4 is 21.6 Å². The highest BCUT2D eigenvalue weighted by atomic mass is 32.2. The van der Waals surface area contributed by atoms with E-state index in [4.69, 9.17) is 5.14 Å². The Morgan fingerprint density at radius 2 is 1.75 bits per heavy atom. The number of aryl methyl sites for hydroxylation is 2. The second-order valence-corrected chi connectivity index (χ2v) is 7.94. The fourth-order valence-electron chi connectivity index (χ4n) is 2.98. The van der Waals surface area contributed by atoms with Crippen LogP contribution in [0.15, 0.2) is 47.4 Å². The Balaban J connectivity index is 1.95. The number of hydrogen-bond donors (Lipinski definition) is 2. The Labute approximate surface area is 162 Å². The monoisotopic (exact) mass is 402 g/mol. The fraction of sp³-hybridized carbons (Fsp3) is 0.158. The molecule has 0 saturated heterocycles. The van der Waals surface area contributed by atoms with E-state index in [1.165, 1.54) is 18.2 Å². The maximum Gasteiger partial charge on any atom is 0.259 e. The van der Waals surface area contributed by atoms with Gasteiger partial charge in [0.15, 0.2) is 0 Å². The Hall–Kier alpha value is -3.04. The van der Waals surface area contributed by atoms with Crippen molar-refractivity contribution in [1.29, 1.82) is 0 Å². The highest BCUT2D eigenvalue weighted by molar-refractivity contribution is 7.89. The number of aromatic nitrogens is 2. The number of carbonyl (C=O) groups excluding carboxylic acids is 1. The third kappa shape index (κ3) is 3.80. The zero-order valence-corrected chi connectivity index (χ0v) is 16.3. The van der Waals surface area contributed by atoms with Gasteiger partial charge in [0, 0.05) is 5.69 Å². The molecule has 7 nitrogen and oxygen atoms in total. The third-order valence-corrected chi connectivity index (χ3v) is 5.39. The van der Waals surface area contributed by atoms with E-state index in [2.05, 4.69) is 10.4 Å². The summed E-state index contributed by atoms with van der Waals surface area (Å²) >= 11 is 0. The molecule has 0 unspecified atom stereocenters. The minimum Gasteiger partial charge on any atom is -0.322 e. The number of benzene rings is 2. The van der Waals surface area contributed by atoms with Crippen molar-refractivity contribution < 1.29 is 17.6 Å². The van der Waals surface area contributed by atoms with Crippen molar-refractivity contribution in [3.8, 4) is 5.69 Å². The Bertz CT molecular complexity index is 1170. The van der Waals surface area contributed by atoms with Gasteiger partial charge in [-0.25, -0.2) is 22.6 Å². The molecule has 0 fully saturated rings. The lowest BCUT2D eigenvalue weighted by molar-refractivity contribution is 0.102.